The fourth-order valence-electron chi connectivity index (χ4n) is 3.69. The molecule has 2 heterocycles. The maximum Gasteiger partial charge on any atom is 0.398 e. The van der Waals surface area contributed by atoms with Gasteiger partial charge in [-0.1, -0.05) is 18.2 Å². The number of hydrogen-bond acceptors (Lipinski definition) is 6. The van der Waals surface area contributed by atoms with Crippen molar-refractivity contribution in [1.82, 2.24) is 10.3 Å². The van der Waals surface area contributed by atoms with Gasteiger partial charge in [0.2, 0.25) is 0 Å². The summed E-state index contributed by atoms with van der Waals surface area (Å²) in [5, 5.41) is 14.9. The summed E-state index contributed by atoms with van der Waals surface area (Å²) in [7, 11) is 2.03. The standard InChI is InChI=1S/C20H20F3N3O.C5H11NS/c1-12(2)26-16-8-13(11-27)10-25-18(16)17(24)14-4-3-5-15(9-14)19(6-7-19)20(21,22)23;1-5(6-2)3-7-4-5/h3-5,8-12,24,26H,6-7H2,1-2H3;6H,3-4H2,1-2H3. The predicted octanol–water partition coefficient (Wildman–Crippen LogP) is 5.44. The van der Waals surface area contributed by atoms with E-state index in [0.29, 0.717) is 34.3 Å². The Hall–Kier alpha value is -2.39. The van der Waals surface area contributed by atoms with Gasteiger partial charge in [0.25, 0.3) is 0 Å². The molecular weight excluding hydrogens is 461 g/mol. The number of anilines is 1. The number of aromatic nitrogens is 1. The van der Waals surface area contributed by atoms with Crippen LogP contribution in [0, 0.1) is 5.41 Å². The number of halogens is 3. The van der Waals surface area contributed by atoms with Crippen molar-refractivity contribution in [2.45, 2.75) is 56.8 Å². The fourth-order valence-corrected chi connectivity index (χ4v) is 4.79. The number of aldehydes is 1. The normalized spacial score (nSPS) is 17.8. The van der Waals surface area contributed by atoms with Gasteiger partial charge in [0.05, 0.1) is 16.8 Å². The third-order valence-electron chi connectivity index (χ3n) is 6.17. The zero-order chi connectivity index (χ0) is 25.1. The van der Waals surface area contributed by atoms with E-state index in [1.54, 1.807) is 18.2 Å². The van der Waals surface area contributed by atoms with E-state index in [-0.39, 0.29) is 30.2 Å². The summed E-state index contributed by atoms with van der Waals surface area (Å²) in [5.41, 5.74) is 0.390. The zero-order valence-corrected chi connectivity index (χ0v) is 20.7. The number of thioether (sulfide) groups is 1. The van der Waals surface area contributed by atoms with Gasteiger partial charge in [0.1, 0.15) is 5.69 Å². The Balaban J connectivity index is 0.000000396. The smallest absolute Gasteiger partial charge is 0.381 e. The first kappa shape index (κ1) is 26.2. The monoisotopic (exact) mass is 492 g/mol. The number of benzene rings is 1. The third-order valence-corrected chi connectivity index (χ3v) is 7.85. The van der Waals surface area contributed by atoms with Gasteiger partial charge in [-0.25, -0.2) is 0 Å². The Morgan fingerprint density at radius 3 is 2.35 bits per heavy atom. The van der Waals surface area contributed by atoms with E-state index in [9.17, 15) is 18.0 Å². The second-order valence-electron chi connectivity index (χ2n) is 9.42. The summed E-state index contributed by atoms with van der Waals surface area (Å²) in [4.78, 5) is 15.2. The highest BCUT2D eigenvalue weighted by atomic mass is 32.2. The molecule has 0 atom stereocenters. The van der Waals surface area contributed by atoms with Gasteiger partial charge in [0.15, 0.2) is 6.29 Å². The molecule has 0 spiro atoms. The molecule has 184 valence electrons. The molecule has 4 rings (SSSR count). The SMILES string of the molecule is CC(C)Nc1cc(C=O)cnc1C(=N)c1cccc(C2(C(F)(F)F)CC2)c1.CNC1(C)CSC1. The molecule has 2 fully saturated rings. The van der Waals surface area contributed by atoms with Crippen LogP contribution in [0.25, 0.3) is 0 Å². The summed E-state index contributed by atoms with van der Waals surface area (Å²) in [6.45, 7) is 6.06. The van der Waals surface area contributed by atoms with Gasteiger partial charge in [-0.2, -0.15) is 24.9 Å². The Labute approximate surface area is 202 Å². The second-order valence-corrected chi connectivity index (χ2v) is 10.4. The van der Waals surface area contributed by atoms with E-state index >= 15 is 0 Å². The number of rotatable bonds is 7. The molecule has 1 aliphatic heterocycles. The molecule has 2 aliphatic rings. The summed E-state index contributed by atoms with van der Waals surface area (Å²) in [6, 6.07) is 7.66. The molecule has 1 saturated heterocycles. The number of nitrogens with zero attached hydrogens (tertiary/aromatic N) is 1. The van der Waals surface area contributed by atoms with Crippen molar-refractivity contribution < 1.29 is 18.0 Å². The lowest BCUT2D eigenvalue weighted by Crippen LogP contribution is -2.51. The highest BCUT2D eigenvalue weighted by molar-refractivity contribution is 8.00. The average Bonchev–Trinajstić information content (AvgIpc) is 3.59. The predicted molar refractivity (Wildman–Crippen MR) is 133 cm³/mol. The molecule has 0 unspecified atom stereocenters. The van der Waals surface area contributed by atoms with Crippen LogP contribution >= 0.6 is 11.8 Å². The molecule has 0 radical (unpaired) electrons. The molecule has 0 amide bonds. The van der Waals surface area contributed by atoms with Crippen molar-refractivity contribution in [3.63, 3.8) is 0 Å². The van der Waals surface area contributed by atoms with E-state index in [1.165, 1.54) is 29.8 Å². The molecular formula is C25H31F3N4OS. The van der Waals surface area contributed by atoms with Crippen molar-refractivity contribution in [2.24, 2.45) is 0 Å². The first-order valence-corrected chi connectivity index (χ1v) is 12.4. The highest BCUT2D eigenvalue weighted by Gasteiger charge is 2.64. The Morgan fingerprint density at radius 1 is 1.24 bits per heavy atom. The average molecular weight is 493 g/mol. The number of hydrogen-bond donors (Lipinski definition) is 3. The van der Waals surface area contributed by atoms with Crippen molar-refractivity contribution in [1.29, 1.82) is 5.41 Å². The largest absolute Gasteiger partial charge is 0.398 e. The summed E-state index contributed by atoms with van der Waals surface area (Å²) in [6.07, 6.45) is -2.15. The summed E-state index contributed by atoms with van der Waals surface area (Å²) in [5.74, 6) is 2.56. The van der Waals surface area contributed by atoms with E-state index in [4.69, 9.17) is 5.41 Å². The number of pyridine rings is 1. The maximum absolute atomic E-state index is 13.4. The van der Waals surface area contributed by atoms with Crippen LogP contribution in [0.1, 0.15) is 60.8 Å². The van der Waals surface area contributed by atoms with Crippen molar-refractivity contribution >= 4 is 29.4 Å². The lowest BCUT2D eigenvalue weighted by atomic mass is 9.92. The van der Waals surface area contributed by atoms with Crippen molar-refractivity contribution in [2.75, 3.05) is 23.9 Å². The number of nitrogens with one attached hydrogen (secondary N) is 3. The van der Waals surface area contributed by atoms with Crippen molar-refractivity contribution in [3.8, 4) is 0 Å². The van der Waals surface area contributed by atoms with Crippen LogP contribution in [0.15, 0.2) is 36.5 Å². The zero-order valence-electron chi connectivity index (χ0n) is 19.8. The van der Waals surface area contributed by atoms with Gasteiger partial charge in [0, 0.05) is 40.4 Å². The molecule has 34 heavy (non-hydrogen) atoms. The molecule has 1 aromatic heterocycles. The Morgan fingerprint density at radius 2 is 1.91 bits per heavy atom. The summed E-state index contributed by atoms with van der Waals surface area (Å²) >= 11 is 2.01. The van der Waals surface area contributed by atoms with Gasteiger partial charge in [-0.15, -0.1) is 0 Å². The molecule has 1 saturated carbocycles. The molecule has 2 aromatic rings. The van der Waals surface area contributed by atoms with Crippen molar-refractivity contribution in [3.05, 3.63) is 58.9 Å². The van der Waals surface area contributed by atoms with Gasteiger partial charge in [-0.05, 0) is 58.4 Å². The first-order valence-electron chi connectivity index (χ1n) is 11.2. The fraction of sp³-hybridized carbons (Fsp3) is 0.480. The minimum Gasteiger partial charge on any atom is -0.381 e. The lowest BCUT2D eigenvalue weighted by Gasteiger charge is -2.37. The van der Waals surface area contributed by atoms with Crippen LogP contribution in [0.2, 0.25) is 0 Å². The maximum atomic E-state index is 13.4. The topological polar surface area (TPSA) is 77.9 Å². The minimum atomic E-state index is -4.30. The van der Waals surface area contributed by atoms with Crippen LogP contribution in [-0.2, 0) is 5.41 Å². The molecule has 9 heteroatoms. The molecule has 1 aliphatic carbocycles. The summed E-state index contributed by atoms with van der Waals surface area (Å²) < 4.78 is 40.3. The van der Waals surface area contributed by atoms with Gasteiger partial charge < -0.3 is 10.6 Å². The van der Waals surface area contributed by atoms with Gasteiger partial charge >= 0.3 is 6.18 Å². The van der Waals surface area contributed by atoms with Crippen LogP contribution in [0.4, 0.5) is 18.9 Å². The highest BCUT2D eigenvalue weighted by Crippen LogP contribution is 2.58. The Kier molecular flexibility index (Phi) is 7.77. The first-order chi connectivity index (χ1) is 15.9. The number of carbonyl (C=O) groups is 1. The van der Waals surface area contributed by atoms with Gasteiger partial charge in [-0.3, -0.25) is 15.2 Å². The molecule has 5 nitrogen and oxygen atoms in total. The minimum absolute atomic E-state index is 0.00965. The molecule has 3 N–H and O–H groups in total. The number of carbonyl (C=O) groups excluding carboxylic acids is 1. The van der Waals surface area contributed by atoms with E-state index in [2.05, 4.69) is 22.5 Å². The van der Waals surface area contributed by atoms with Crippen LogP contribution < -0.4 is 10.6 Å². The molecule has 0 bridgehead atoms. The van der Waals surface area contributed by atoms with E-state index in [1.807, 2.05) is 32.7 Å². The number of alkyl halides is 3. The van der Waals surface area contributed by atoms with Crippen LogP contribution in [0.3, 0.4) is 0 Å². The van der Waals surface area contributed by atoms with Crippen LogP contribution in [-0.4, -0.2) is 53.3 Å². The van der Waals surface area contributed by atoms with E-state index in [0.717, 1.165) is 0 Å². The lowest BCUT2D eigenvalue weighted by molar-refractivity contribution is -0.160. The third kappa shape index (κ3) is 5.63. The van der Waals surface area contributed by atoms with E-state index < -0.39 is 11.6 Å². The Bertz CT molecular complexity index is 1040. The van der Waals surface area contributed by atoms with Crippen LogP contribution in [0.5, 0.6) is 0 Å². The quantitative estimate of drug-likeness (QED) is 0.355. The molecule has 1 aromatic carbocycles. The second kappa shape index (κ2) is 10.1.